The molecule has 0 heterocycles. The summed E-state index contributed by atoms with van der Waals surface area (Å²) in [4.78, 5) is 11.7. The second-order valence-electron chi connectivity index (χ2n) is 4.98. The summed E-state index contributed by atoms with van der Waals surface area (Å²) in [6.45, 7) is 5.54. The van der Waals surface area contributed by atoms with Gasteiger partial charge in [0, 0.05) is 5.56 Å². The first-order valence-electron chi connectivity index (χ1n) is 5.84. The lowest BCUT2D eigenvalue weighted by Crippen LogP contribution is -2.28. The van der Waals surface area contributed by atoms with Crippen LogP contribution in [0.2, 0.25) is 0 Å². The third-order valence-electron chi connectivity index (χ3n) is 2.22. The predicted octanol–water partition coefficient (Wildman–Crippen LogP) is 1.53. The van der Waals surface area contributed by atoms with E-state index in [4.69, 9.17) is 15.7 Å². The van der Waals surface area contributed by atoms with Crippen molar-refractivity contribution in [2.45, 2.75) is 26.4 Å². The standard InChI is InChI=1S/C13H19N3O3/c1-13(2,3)19-8-11(17)15-10-7-5-4-6-9(10)12(14)16-18/h4-7,18H,8H2,1-3H3,(H2,14,16)(H,15,17). The molecule has 104 valence electrons. The summed E-state index contributed by atoms with van der Waals surface area (Å²) in [6.07, 6.45) is 0. The summed E-state index contributed by atoms with van der Waals surface area (Å²) in [5, 5.41) is 14.3. The van der Waals surface area contributed by atoms with Gasteiger partial charge in [-0.05, 0) is 32.9 Å². The van der Waals surface area contributed by atoms with Crippen molar-refractivity contribution in [3.05, 3.63) is 29.8 Å². The maximum Gasteiger partial charge on any atom is 0.250 e. The Labute approximate surface area is 112 Å². The topological polar surface area (TPSA) is 96.9 Å². The molecule has 4 N–H and O–H groups in total. The first-order chi connectivity index (χ1) is 8.83. The Bertz CT molecular complexity index is 478. The fraction of sp³-hybridized carbons (Fsp3) is 0.385. The molecule has 6 heteroatoms. The number of nitrogens with two attached hydrogens (primary N) is 1. The van der Waals surface area contributed by atoms with Crippen molar-refractivity contribution < 1.29 is 14.7 Å². The van der Waals surface area contributed by atoms with Crippen molar-refractivity contribution in [2.75, 3.05) is 11.9 Å². The highest BCUT2D eigenvalue weighted by Crippen LogP contribution is 2.15. The van der Waals surface area contributed by atoms with Gasteiger partial charge >= 0.3 is 0 Å². The van der Waals surface area contributed by atoms with Crippen LogP contribution in [-0.4, -0.2) is 29.2 Å². The number of amides is 1. The van der Waals surface area contributed by atoms with Gasteiger partial charge in [0.15, 0.2) is 5.84 Å². The molecule has 0 aliphatic carbocycles. The Hall–Kier alpha value is -2.08. The smallest absolute Gasteiger partial charge is 0.250 e. The number of hydrogen-bond donors (Lipinski definition) is 3. The lowest BCUT2D eigenvalue weighted by atomic mass is 10.1. The van der Waals surface area contributed by atoms with E-state index in [0.717, 1.165) is 0 Å². The highest BCUT2D eigenvalue weighted by atomic mass is 16.5. The average Bonchev–Trinajstić information content (AvgIpc) is 2.35. The van der Waals surface area contributed by atoms with E-state index in [-0.39, 0.29) is 24.0 Å². The quantitative estimate of drug-likeness (QED) is 0.333. The summed E-state index contributed by atoms with van der Waals surface area (Å²) < 4.78 is 5.37. The van der Waals surface area contributed by atoms with Gasteiger partial charge in [-0.1, -0.05) is 17.3 Å². The van der Waals surface area contributed by atoms with Crippen molar-refractivity contribution in [3.8, 4) is 0 Å². The monoisotopic (exact) mass is 265 g/mol. The molecule has 0 atom stereocenters. The van der Waals surface area contributed by atoms with Gasteiger partial charge in [0.05, 0.1) is 11.3 Å². The third kappa shape index (κ3) is 4.97. The van der Waals surface area contributed by atoms with Crippen molar-refractivity contribution in [3.63, 3.8) is 0 Å². The molecule has 1 amide bonds. The fourth-order valence-electron chi connectivity index (χ4n) is 1.34. The van der Waals surface area contributed by atoms with E-state index in [1.54, 1.807) is 24.3 Å². The number of ether oxygens (including phenoxy) is 1. The van der Waals surface area contributed by atoms with E-state index in [9.17, 15) is 4.79 Å². The molecule has 0 aromatic heterocycles. The number of hydrogen-bond acceptors (Lipinski definition) is 4. The van der Waals surface area contributed by atoms with Gasteiger partial charge in [-0.3, -0.25) is 4.79 Å². The van der Waals surface area contributed by atoms with Crippen LogP contribution in [0.3, 0.4) is 0 Å². The van der Waals surface area contributed by atoms with E-state index < -0.39 is 0 Å². The van der Waals surface area contributed by atoms with Gasteiger partial charge in [0.1, 0.15) is 6.61 Å². The Balaban J connectivity index is 2.75. The van der Waals surface area contributed by atoms with Crippen LogP contribution in [0.4, 0.5) is 5.69 Å². The SMILES string of the molecule is CC(C)(C)OCC(=O)Nc1ccccc1/C(N)=N/O. The maximum atomic E-state index is 11.7. The highest BCUT2D eigenvalue weighted by molar-refractivity contribution is 6.05. The van der Waals surface area contributed by atoms with Crippen LogP contribution in [-0.2, 0) is 9.53 Å². The molecule has 19 heavy (non-hydrogen) atoms. The van der Waals surface area contributed by atoms with Crippen molar-refractivity contribution in [1.82, 2.24) is 0 Å². The Morgan fingerprint density at radius 2 is 2.05 bits per heavy atom. The molecule has 0 saturated carbocycles. The van der Waals surface area contributed by atoms with E-state index in [0.29, 0.717) is 11.3 Å². The van der Waals surface area contributed by atoms with Crippen LogP contribution in [0.5, 0.6) is 0 Å². The minimum Gasteiger partial charge on any atom is -0.409 e. The van der Waals surface area contributed by atoms with Gasteiger partial charge in [-0.25, -0.2) is 0 Å². The van der Waals surface area contributed by atoms with E-state index in [1.807, 2.05) is 20.8 Å². The zero-order chi connectivity index (χ0) is 14.5. The number of para-hydroxylation sites is 1. The van der Waals surface area contributed by atoms with Gasteiger partial charge < -0.3 is 21.0 Å². The van der Waals surface area contributed by atoms with Gasteiger partial charge in [-0.15, -0.1) is 0 Å². The van der Waals surface area contributed by atoms with Crippen LogP contribution >= 0.6 is 0 Å². The van der Waals surface area contributed by atoms with Gasteiger partial charge in [0.2, 0.25) is 5.91 Å². The second kappa shape index (κ2) is 6.19. The summed E-state index contributed by atoms with van der Waals surface area (Å²) in [6, 6.07) is 6.79. The maximum absolute atomic E-state index is 11.7. The molecule has 1 aromatic carbocycles. The van der Waals surface area contributed by atoms with E-state index in [1.165, 1.54) is 0 Å². The minimum atomic E-state index is -0.386. The zero-order valence-corrected chi connectivity index (χ0v) is 11.3. The number of oxime groups is 1. The second-order valence-corrected chi connectivity index (χ2v) is 4.98. The van der Waals surface area contributed by atoms with Crippen molar-refractivity contribution in [1.29, 1.82) is 0 Å². The lowest BCUT2D eigenvalue weighted by molar-refractivity contribution is -0.125. The molecule has 0 saturated heterocycles. The molecular weight excluding hydrogens is 246 g/mol. The minimum absolute atomic E-state index is 0.0615. The van der Waals surface area contributed by atoms with Crippen LogP contribution in [0, 0.1) is 0 Å². The summed E-state index contributed by atoms with van der Waals surface area (Å²) in [5.74, 6) is -0.360. The molecule has 0 aliphatic rings. The number of anilines is 1. The number of carbonyl (C=O) groups excluding carboxylic acids is 1. The molecule has 0 fully saturated rings. The Kier molecular flexibility index (Phi) is 4.88. The first kappa shape index (κ1) is 15.0. The molecule has 0 radical (unpaired) electrons. The van der Waals surface area contributed by atoms with Gasteiger partial charge in [-0.2, -0.15) is 0 Å². The van der Waals surface area contributed by atoms with Crippen LogP contribution < -0.4 is 11.1 Å². The normalized spacial score (nSPS) is 12.3. The number of benzene rings is 1. The molecule has 1 aromatic rings. The Morgan fingerprint density at radius 3 is 2.63 bits per heavy atom. The Morgan fingerprint density at radius 1 is 1.42 bits per heavy atom. The van der Waals surface area contributed by atoms with E-state index in [2.05, 4.69) is 10.5 Å². The lowest BCUT2D eigenvalue weighted by Gasteiger charge is -2.19. The molecule has 0 bridgehead atoms. The molecule has 0 spiro atoms. The number of amidine groups is 1. The average molecular weight is 265 g/mol. The van der Waals surface area contributed by atoms with Crippen LogP contribution in [0.1, 0.15) is 26.3 Å². The van der Waals surface area contributed by atoms with Crippen LogP contribution in [0.25, 0.3) is 0 Å². The number of nitrogens with zero attached hydrogens (tertiary/aromatic N) is 1. The zero-order valence-electron chi connectivity index (χ0n) is 11.3. The summed E-state index contributed by atoms with van der Waals surface area (Å²) in [7, 11) is 0. The number of nitrogens with one attached hydrogen (secondary N) is 1. The van der Waals surface area contributed by atoms with E-state index >= 15 is 0 Å². The van der Waals surface area contributed by atoms with Crippen molar-refractivity contribution in [2.24, 2.45) is 10.9 Å². The third-order valence-corrected chi connectivity index (χ3v) is 2.22. The largest absolute Gasteiger partial charge is 0.409 e. The highest BCUT2D eigenvalue weighted by Gasteiger charge is 2.14. The summed E-state index contributed by atoms with van der Waals surface area (Å²) in [5.41, 5.74) is 6.07. The molecular formula is C13H19N3O3. The number of carbonyl (C=O) groups is 1. The molecule has 1 rings (SSSR count). The number of rotatable bonds is 4. The van der Waals surface area contributed by atoms with Crippen LogP contribution in [0.15, 0.2) is 29.4 Å². The van der Waals surface area contributed by atoms with Gasteiger partial charge in [0.25, 0.3) is 0 Å². The predicted molar refractivity (Wildman–Crippen MR) is 73.3 cm³/mol. The molecule has 0 unspecified atom stereocenters. The first-order valence-corrected chi connectivity index (χ1v) is 5.84. The molecule has 6 nitrogen and oxygen atoms in total. The molecule has 0 aliphatic heterocycles. The summed E-state index contributed by atoms with van der Waals surface area (Å²) >= 11 is 0. The fourth-order valence-corrected chi connectivity index (χ4v) is 1.34. The van der Waals surface area contributed by atoms with Crippen molar-refractivity contribution >= 4 is 17.4 Å².